The molecule has 2 unspecified atom stereocenters. The average Bonchev–Trinajstić information content (AvgIpc) is 2.73. The normalized spacial score (nSPS) is 14.4. The van der Waals surface area contributed by atoms with E-state index in [0.29, 0.717) is 0 Å². The summed E-state index contributed by atoms with van der Waals surface area (Å²) >= 11 is 0. The van der Waals surface area contributed by atoms with E-state index in [1.807, 2.05) is 42.5 Å². The maximum absolute atomic E-state index is 14.8. The lowest BCUT2D eigenvalue weighted by Gasteiger charge is -2.37. The number of methoxy groups -OCH3 is 1. The fourth-order valence-corrected chi connectivity index (χ4v) is 3.71. The van der Waals surface area contributed by atoms with E-state index in [2.05, 4.69) is 43.3 Å². The van der Waals surface area contributed by atoms with Crippen LogP contribution in [0.1, 0.15) is 28.7 Å². The number of rotatable bonds is 7. The number of ether oxygens (including phenoxy) is 1. The monoisotopic (exact) mass is 363 g/mol. The largest absolute Gasteiger partial charge is 0.497 e. The molecular weight excluding hydrogens is 337 g/mol. The smallest absolute Gasteiger partial charge is 0.118 e. The predicted octanol–water partition coefficient (Wildman–Crippen LogP) is 5.02. The minimum absolute atomic E-state index is 0.00337. The Hall–Kier alpha value is -2.65. The molecule has 3 aromatic carbocycles. The molecule has 0 aliphatic carbocycles. The molecule has 0 amide bonds. The van der Waals surface area contributed by atoms with Crippen LogP contribution in [0.5, 0.6) is 5.75 Å². The zero-order valence-corrected chi connectivity index (χ0v) is 15.9. The molecule has 0 fully saturated rings. The highest BCUT2D eigenvalue weighted by molar-refractivity contribution is 5.52. The van der Waals surface area contributed by atoms with Crippen LogP contribution in [-0.4, -0.2) is 19.8 Å². The molecule has 2 nitrogen and oxygen atoms in total. The second-order valence-electron chi connectivity index (χ2n) is 6.90. The molecule has 0 saturated heterocycles. The molecule has 0 radical (unpaired) electrons. The first-order valence-corrected chi connectivity index (χ1v) is 9.21. The first-order valence-electron chi connectivity index (χ1n) is 9.21. The highest BCUT2D eigenvalue weighted by Gasteiger charge is 2.38. The molecule has 0 bridgehead atoms. The van der Waals surface area contributed by atoms with Crippen LogP contribution >= 0.6 is 0 Å². The Morgan fingerprint density at radius 3 is 1.89 bits per heavy atom. The Bertz CT molecular complexity index is 846. The quantitative estimate of drug-likeness (QED) is 0.598. The van der Waals surface area contributed by atoms with E-state index in [1.165, 1.54) is 5.56 Å². The van der Waals surface area contributed by atoms with Crippen molar-refractivity contribution in [2.45, 2.75) is 24.9 Å². The number of hydrogen-bond donors (Lipinski definition) is 1. The third kappa shape index (κ3) is 3.88. The zero-order valence-electron chi connectivity index (χ0n) is 15.9. The van der Waals surface area contributed by atoms with E-state index in [4.69, 9.17) is 10.5 Å². The summed E-state index contributed by atoms with van der Waals surface area (Å²) in [5, 5.41) is 0. The summed E-state index contributed by atoms with van der Waals surface area (Å²) in [5.41, 5.74) is 9.37. The molecule has 3 aromatic rings. The molecule has 27 heavy (non-hydrogen) atoms. The maximum Gasteiger partial charge on any atom is 0.118 e. The van der Waals surface area contributed by atoms with Gasteiger partial charge in [0.2, 0.25) is 0 Å². The van der Waals surface area contributed by atoms with E-state index < -0.39 is 11.6 Å². The van der Waals surface area contributed by atoms with Gasteiger partial charge in [0.15, 0.2) is 0 Å². The summed E-state index contributed by atoms with van der Waals surface area (Å²) < 4.78 is 20.1. The van der Waals surface area contributed by atoms with Crippen LogP contribution < -0.4 is 10.5 Å². The van der Waals surface area contributed by atoms with Crippen LogP contribution in [0.15, 0.2) is 78.9 Å². The van der Waals surface area contributed by atoms with Gasteiger partial charge in [-0.05, 0) is 42.2 Å². The molecule has 3 rings (SSSR count). The van der Waals surface area contributed by atoms with Gasteiger partial charge in [-0.25, -0.2) is 4.39 Å². The van der Waals surface area contributed by atoms with Crippen molar-refractivity contribution in [1.29, 1.82) is 0 Å². The van der Waals surface area contributed by atoms with Crippen molar-refractivity contribution >= 4 is 0 Å². The van der Waals surface area contributed by atoms with Gasteiger partial charge < -0.3 is 10.5 Å². The molecule has 0 spiro atoms. The van der Waals surface area contributed by atoms with Crippen LogP contribution in [0.3, 0.4) is 0 Å². The summed E-state index contributed by atoms with van der Waals surface area (Å²) in [6.07, 6.45) is -0.836. The van der Waals surface area contributed by atoms with Crippen LogP contribution in [0.2, 0.25) is 0 Å². The van der Waals surface area contributed by atoms with Crippen molar-refractivity contribution < 1.29 is 9.13 Å². The molecular formula is C24H26FNO. The Balaban J connectivity index is 2.27. The molecule has 0 aliphatic heterocycles. The second kappa shape index (κ2) is 8.36. The van der Waals surface area contributed by atoms with E-state index in [-0.39, 0.29) is 13.0 Å². The number of nitrogens with two attached hydrogens (primary N) is 1. The third-order valence-electron chi connectivity index (χ3n) is 5.18. The number of alkyl halides is 1. The summed E-state index contributed by atoms with van der Waals surface area (Å²) in [7, 11) is 1.64. The van der Waals surface area contributed by atoms with Crippen molar-refractivity contribution in [3.05, 3.63) is 101 Å². The Labute approximate surface area is 160 Å². The summed E-state index contributed by atoms with van der Waals surface area (Å²) in [6, 6.07) is 26.3. The van der Waals surface area contributed by atoms with Crippen LogP contribution in [-0.2, 0) is 5.41 Å². The van der Waals surface area contributed by atoms with Crippen molar-refractivity contribution in [3.63, 3.8) is 0 Å². The number of benzene rings is 3. The highest BCUT2D eigenvalue weighted by Crippen LogP contribution is 2.44. The lowest BCUT2D eigenvalue weighted by molar-refractivity contribution is 0.286. The fraction of sp³-hybridized carbons (Fsp3) is 0.250. The summed E-state index contributed by atoms with van der Waals surface area (Å²) in [5.74, 6) is 0.778. The van der Waals surface area contributed by atoms with E-state index in [9.17, 15) is 4.39 Å². The lowest BCUT2D eigenvalue weighted by atomic mass is 9.66. The van der Waals surface area contributed by atoms with Crippen LogP contribution in [0, 0.1) is 6.92 Å². The molecule has 140 valence electrons. The molecule has 0 saturated carbocycles. The molecule has 0 heterocycles. The van der Waals surface area contributed by atoms with E-state index in [0.717, 1.165) is 22.4 Å². The second-order valence-corrected chi connectivity index (χ2v) is 6.90. The van der Waals surface area contributed by atoms with Crippen molar-refractivity contribution in [1.82, 2.24) is 0 Å². The zero-order chi connectivity index (χ0) is 19.3. The van der Waals surface area contributed by atoms with Crippen molar-refractivity contribution in [2.24, 2.45) is 5.73 Å². The SMILES string of the molecule is COc1ccc(C(CC(F)CN)(c2ccccc2)c2ccc(C)cc2)cc1. The van der Waals surface area contributed by atoms with Crippen molar-refractivity contribution in [3.8, 4) is 5.75 Å². The van der Waals surface area contributed by atoms with Gasteiger partial charge in [0.05, 0.1) is 7.11 Å². The van der Waals surface area contributed by atoms with Gasteiger partial charge in [-0.15, -0.1) is 0 Å². The minimum atomic E-state index is -1.12. The predicted molar refractivity (Wildman–Crippen MR) is 109 cm³/mol. The van der Waals surface area contributed by atoms with Gasteiger partial charge >= 0.3 is 0 Å². The number of aryl methyl sites for hydroxylation is 1. The average molecular weight is 363 g/mol. The van der Waals surface area contributed by atoms with Gasteiger partial charge in [-0.3, -0.25) is 0 Å². The molecule has 2 N–H and O–H groups in total. The topological polar surface area (TPSA) is 35.2 Å². The number of hydrogen-bond acceptors (Lipinski definition) is 2. The van der Waals surface area contributed by atoms with Gasteiger partial charge in [0.1, 0.15) is 11.9 Å². The third-order valence-corrected chi connectivity index (χ3v) is 5.18. The van der Waals surface area contributed by atoms with Gasteiger partial charge in [0.25, 0.3) is 0 Å². The van der Waals surface area contributed by atoms with Gasteiger partial charge in [-0.1, -0.05) is 72.3 Å². The van der Waals surface area contributed by atoms with E-state index in [1.54, 1.807) is 7.11 Å². The first-order chi connectivity index (χ1) is 13.1. The maximum atomic E-state index is 14.8. The Kier molecular flexibility index (Phi) is 5.92. The van der Waals surface area contributed by atoms with E-state index >= 15 is 0 Å². The Morgan fingerprint density at radius 2 is 1.37 bits per heavy atom. The molecule has 0 aromatic heterocycles. The minimum Gasteiger partial charge on any atom is -0.497 e. The summed E-state index contributed by atoms with van der Waals surface area (Å²) in [6.45, 7) is 2.05. The molecule has 3 heteroatoms. The Morgan fingerprint density at radius 1 is 0.852 bits per heavy atom. The standard InChI is InChI=1S/C24H26FNO/c1-18-8-10-20(11-9-18)24(16-22(25)17-26,19-6-4-3-5-7-19)21-12-14-23(27-2)15-13-21/h3-15,22H,16-17,26H2,1-2H3. The molecule has 2 atom stereocenters. The molecule has 0 aliphatic rings. The van der Waals surface area contributed by atoms with Crippen molar-refractivity contribution in [2.75, 3.05) is 13.7 Å². The first kappa shape index (κ1) is 19.1. The fourth-order valence-electron chi connectivity index (χ4n) is 3.71. The lowest BCUT2D eigenvalue weighted by Crippen LogP contribution is -2.35. The van der Waals surface area contributed by atoms with Gasteiger partial charge in [-0.2, -0.15) is 0 Å². The number of halogens is 1. The van der Waals surface area contributed by atoms with Crippen LogP contribution in [0.4, 0.5) is 4.39 Å². The highest BCUT2D eigenvalue weighted by atomic mass is 19.1. The summed E-state index contributed by atoms with van der Waals surface area (Å²) in [4.78, 5) is 0. The van der Waals surface area contributed by atoms with Crippen LogP contribution in [0.25, 0.3) is 0 Å². The van der Waals surface area contributed by atoms with Gasteiger partial charge in [0, 0.05) is 12.0 Å².